The third-order valence-electron chi connectivity index (χ3n) is 4.54. The molecule has 1 atom stereocenters. The lowest BCUT2D eigenvalue weighted by atomic mass is 10.0. The first-order chi connectivity index (χ1) is 11.8. The minimum atomic E-state index is -4.39. The van der Waals surface area contributed by atoms with Gasteiger partial charge >= 0.3 is 6.18 Å². The molecule has 9 heteroatoms. The maximum absolute atomic E-state index is 12.8. The Morgan fingerprint density at radius 3 is 2.52 bits per heavy atom. The minimum absolute atomic E-state index is 0.162. The molecular weight excluding hydrogens is 357 g/mol. The molecule has 0 spiro atoms. The highest BCUT2D eigenvalue weighted by atomic mass is 32.2. The van der Waals surface area contributed by atoms with Crippen molar-refractivity contribution in [1.29, 1.82) is 0 Å². The number of rotatable bonds is 4. The predicted molar refractivity (Wildman–Crippen MR) is 86.2 cm³/mol. The van der Waals surface area contributed by atoms with Crippen LogP contribution in [0.15, 0.2) is 24.3 Å². The summed E-state index contributed by atoms with van der Waals surface area (Å²) in [6.45, 7) is 1.74. The molecule has 1 aromatic carbocycles. The normalized spacial score (nSPS) is 23.9. The largest absolute Gasteiger partial charge is 0.416 e. The zero-order valence-electron chi connectivity index (χ0n) is 13.7. The summed E-state index contributed by atoms with van der Waals surface area (Å²) < 4.78 is 72.1. The summed E-state index contributed by atoms with van der Waals surface area (Å²) in [5, 5.41) is 0. The molecular formula is C16H21F3N2O3S. The van der Waals surface area contributed by atoms with Crippen LogP contribution in [0.3, 0.4) is 0 Å². The van der Waals surface area contributed by atoms with E-state index in [1.54, 1.807) is 6.07 Å². The van der Waals surface area contributed by atoms with Gasteiger partial charge in [0.15, 0.2) is 0 Å². The number of nitrogens with zero attached hydrogens (tertiary/aromatic N) is 2. The molecule has 3 rings (SSSR count). The van der Waals surface area contributed by atoms with Crippen LogP contribution in [0.1, 0.15) is 24.0 Å². The number of hydrogen-bond acceptors (Lipinski definition) is 3. The van der Waals surface area contributed by atoms with Gasteiger partial charge in [0.25, 0.3) is 10.2 Å². The summed E-state index contributed by atoms with van der Waals surface area (Å²) in [5.74, 6) is 0. The fraction of sp³-hybridized carbons (Fsp3) is 0.625. The average molecular weight is 378 g/mol. The molecule has 0 radical (unpaired) electrons. The Hall–Kier alpha value is -1.16. The van der Waals surface area contributed by atoms with Crippen LogP contribution in [0.2, 0.25) is 0 Å². The van der Waals surface area contributed by atoms with Gasteiger partial charge in [-0.1, -0.05) is 18.2 Å². The summed E-state index contributed by atoms with van der Waals surface area (Å²) in [6, 6.07) is 5.08. The van der Waals surface area contributed by atoms with Crippen molar-refractivity contribution >= 4 is 10.2 Å². The molecule has 1 aromatic rings. The van der Waals surface area contributed by atoms with Gasteiger partial charge < -0.3 is 4.74 Å². The van der Waals surface area contributed by atoms with E-state index in [2.05, 4.69) is 0 Å². The number of alkyl halides is 3. The summed E-state index contributed by atoms with van der Waals surface area (Å²) >= 11 is 0. The second-order valence-electron chi connectivity index (χ2n) is 6.37. The van der Waals surface area contributed by atoms with Crippen molar-refractivity contribution in [2.45, 2.75) is 31.5 Å². The van der Waals surface area contributed by atoms with E-state index in [-0.39, 0.29) is 26.1 Å². The van der Waals surface area contributed by atoms with Crippen molar-refractivity contribution in [3.63, 3.8) is 0 Å². The van der Waals surface area contributed by atoms with E-state index in [9.17, 15) is 21.6 Å². The number of halogens is 3. The van der Waals surface area contributed by atoms with E-state index in [1.165, 1.54) is 14.7 Å². The van der Waals surface area contributed by atoms with Gasteiger partial charge in [-0.05, 0) is 30.9 Å². The molecule has 0 aliphatic carbocycles. The van der Waals surface area contributed by atoms with Gasteiger partial charge in [-0.15, -0.1) is 0 Å². The molecule has 140 valence electrons. The second-order valence-corrected chi connectivity index (χ2v) is 8.30. The number of morpholine rings is 1. The Morgan fingerprint density at radius 2 is 1.84 bits per heavy atom. The first-order valence-electron chi connectivity index (χ1n) is 8.30. The van der Waals surface area contributed by atoms with Crippen molar-refractivity contribution in [2.24, 2.45) is 0 Å². The standard InChI is InChI=1S/C16H21F3N2O3S/c17-16(18,19)14-5-3-4-13(10-14)11-15-12-21(8-9-24-15)25(22,23)20-6-1-2-7-20/h3-5,10,15H,1-2,6-9,11-12H2/t15-/m1/s1. The van der Waals surface area contributed by atoms with E-state index in [0.29, 0.717) is 18.7 Å². The van der Waals surface area contributed by atoms with E-state index < -0.39 is 28.1 Å². The van der Waals surface area contributed by atoms with Crippen molar-refractivity contribution in [2.75, 3.05) is 32.8 Å². The van der Waals surface area contributed by atoms with E-state index >= 15 is 0 Å². The molecule has 5 nitrogen and oxygen atoms in total. The molecule has 0 aromatic heterocycles. The molecule has 25 heavy (non-hydrogen) atoms. The predicted octanol–water partition coefficient (Wildman–Crippen LogP) is 2.29. The fourth-order valence-corrected chi connectivity index (χ4v) is 4.95. The Kier molecular flexibility index (Phi) is 5.38. The van der Waals surface area contributed by atoms with Crippen LogP contribution in [-0.4, -0.2) is 55.9 Å². The van der Waals surface area contributed by atoms with E-state index in [1.807, 2.05) is 0 Å². The van der Waals surface area contributed by atoms with Crippen molar-refractivity contribution in [3.8, 4) is 0 Å². The quantitative estimate of drug-likeness (QED) is 0.808. The van der Waals surface area contributed by atoms with Gasteiger partial charge in [0, 0.05) is 26.2 Å². The van der Waals surface area contributed by atoms with Crippen LogP contribution in [0, 0.1) is 0 Å². The summed E-state index contributed by atoms with van der Waals surface area (Å²) in [6.07, 6.45) is -2.88. The lowest BCUT2D eigenvalue weighted by Crippen LogP contribution is -2.51. The Balaban J connectivity index is 1.68. The molecule has 2 saturated heterocycles. The van der Waals surface area contributed by atoms with Gasteiger partial charge in [-0.2, -0.15) is 30.2 Å². The third-order valence-corrected chi connectivity index (χ3v) is 6.54. The fourth-order valence-electron chi connectivity index (χ4n) is 3.24. The highest BCUT2D eigenvalue weighted by Crippen LogP contribution is 2.30. The molecule has 0 saturated carbocycles. The monoisotopic (exact) mass is 378 g/mol. The zero-order chi connectivity index (χ0) is 18.1. The van der Waals surface area contributed by atoms with Crippen LogP contribution in [-0.2, 0) is 27.5 Å². The van der Waals surface area contributed by atoms with Gasteiger partial charge in [-0.25, -0.2) is 0 Å². The first kappa shape index (κ1) is 18.6. The molecule has 0 unspecified atom stereocenters. The van der Waals surface area contributed by atoms with E-state index in [4.69, 9.17) is 4.74 Å². The zero-order valence-corrected chi connectivity index (χ0v) is 14.5. The van der Waals surface area contributed by atoms with Crippen LogP contribution in [0.4, 0.5) is 13.2 Å². The van der Waals surface area contributed by atoms with Crippen LogP contribution >= 0.6 is 0 Å². The molecule has 2 aliphatic rings. The Morgan fingerprint density at radius 1 is 1.12 bits per heavy atom. The second kappa shape index (κ2) is 7.22. The van der Waals surface area contributed by atoms with Crippen molar-refractivity contribution in [3.05, 3.63) is 35.4 Å². The molecule has 0 amide bonds. The number of hydrogen-bond donors (Lipinski definition) is 0. The molecule has 0 bridgehead atoms. The minimum Gasteiger partial charge on any atom is -0.375 e. The highest BCUT2D eigenvalue weighted by Gasteiger charge is 2.35. The summed E-state index contributed by atoms with van der Waals surface area (Å²) in [5.41, 5.74) is -0.220. The number of benzene rings is 1. The van der Waals surface area contributed by atoms with Crippen molar-refractivity contribution in [1.82, 2.24) is 8.61 Å². The lowest BCUT2D eigenvalue weighted by molar-refractivity contribution is -0.137. The van der Waals surface area contributed by atoms with Gasteiger partial charge in [0.2, 0.25) is 0 Å². The molecule has 2 heterocycles. The Labute approximate surface area is 145 Å². The van der Waals surface area contributed by atoms with Crippen LogP contribution in [0.25, 0.3) is 0 Å². The van der Waals surface area contributed by atoms with Gasteiger partial charge in [0.05, 0.1) is 18.3 Å². The Bertz CT molecular complexity index is 703. The summed E-state index contributed by atoms with van der Waals surface area (Å²) in [4.78, 5) is 0. The molecule has 2 aliphatic heterocycles. The molecule has 0 N–H and O–H groups in total. The average Bonchev–Trinajstić information content (AvgIpc) is 3.10. The topological polar surface area (TPSA) is 49.9 Å². The van der Waals surface area contributed by atoms with Crippen LogP contribution < -0.4 is 0 Å². The van der Waals surface area contributed by atoms with Gasteiger partial charge in [0.1, 0.15) is 0 Å². The molecule has 2 fully saturated rings. The van der Waals surface area contributed by atoms with Gasteiger partial charge in [-0.3, -0.25) is 0 Å². The third kappa shape index (κ3) is 4.33. The van der Waals surface area contributed by atoms with Crippen LogP contribution in [0.5, 0.6) is 0 Å². The SMILES string of the molecule is O=S(=O)(N1CCCC1)N1CCO[C@H](Cc2cccc(C(F)(F)F)c2)C1. The highest BCUT2D eigenvalue weighted by molar-refractivity contribution is 7.86. The maximum atomic E-state index is 12.8. The summed E-state index contributed by atoms with van der Waals surface area (Å²) in [7, 11) is -3.51. The smallest absolute Gasteiger partial charge is 0.375 e. The number of ether oxygens (including phenoxy) is 1. The maximum Gasteiger partial charge on any atom is 0.416 e. The first-order valence-corrected chi connectivity index (χ1v) is 9.69. The van der Waals surface area contributed by atoms with E-state index in [0.717, 1.165) is 25.0 Å². The lowest BCUT2D eigenvalue weighted by Gasteiger charge is -2.34. The van der Waals surface area contributed by atoms with Crippen molar-refractivity contribution < 1.29 is 26.3 Å².